The van der Waals surface area contributed by atoms with E-state index in [1.165, 1.54) is 0 Å². The third kappa shape index (κ3) is 3.26. The minimum absolute atomic E-state index is 0.00308. The van der Waals surface area contributed by atoms with Crippen molar-refractivity contribution in [1.29, 1.82) is 5.26 Å². The third-order valence-corrected chi connectivity index (χ3v) is 4.06. The third-order valence-electron chi connectivity index (χ3n) is 4.06. The number of hydrogen-bond acceptors (Lipinski definition) is 4. The summed E-state index contributed by atoms with van der Waals surface area (Å²) in [4.78, 5) is 16.4. The summed E-state index contributed by atoms with van der Waals surface area (Å²) < 4.78 is 0. The molecule has 1 heterocycles. The van der Waals surface area contributed by atoms with Crippen LogP contribution in [0, 0.1) is 16.7 Å². The number of aliphatic hydroxyl groups is 1. The van der Waals surface area contributed by atoms with Crippen molar-refractivity contribution in [3.8, 4) is 6.07 Å². The minimum atomic E-state index is -0.936. The molecule has 0 bridgehead atoms. The molecule has 0 spiro atoms. The van der Waals surface area contributed by atoms with Gasteiger partial charge in [-0.1, -0.05) is 13.8 Å². The number of hydrogen-bond donors (Lipinski definition) is 1. The predicted molar refractivity (Wildman–Crippen MR) is 73.3 cm³/mol. The lowest BCUT2D eigenvalue weighted by atomic mass is 9.82. The fourth-order valence-electron chi connectivity index (χ4n) is 2.77. The van der Waals surface area contributed by atoms with Crippen LogP contribution in [0.4, 0.5) is 0 Å². The fraction of sp³-hybridized carbons (Fsp3) is 0.857. The molecule has 0 aromatic heterocycles. The van der Waals surface area contributed by atoms with Crippen molar-refractivity contribution >= 4 is 5.91 Å². The summed E-state index contributed by atoms with van der Waals surface area (Å²) in [5.74, 6) is -0.122. The number of carbonyl (C=O) groups excluding carboxylic acids is 1. The van der Waals surface area contributed by atoms with Gasteiger partial charge in [0.1, 0.15) is 5.41 Å². The molecule has 108 valence electrons. The number of amides is 1. The van der Waals surface area contributed by atoms with Gasteiger partial charge in [0.2, 0.25) is 5.91 Å². The number of likely N-dealkylation sites (tertiary alicyclic amines) is 1. The lowest BCUT2D eigenvalue weighted by Gasteiger charge is -2.33. The van der Waals surface area contributed by atoms with Gasteiger partial charge in [-0.2, -0.15) is 5.26 Å². The first-order chi connectivity index (χ1) is 8.90. The largest absolute Gasteiger partial charge is 0.391 e. The van der Waals surface area contributed by atoms with E-state index in [2.05, 4.69) is 6.07 Å². The molecule has 1 aliphatic rings. The summed E-state index contributed by atoms with van der Waals surface area (Å²) in [7, 11) is 3.90. The van der Waals surface area contributed by atoms with Crippen molar-refractivity contribution in [3.05, 3.63) is 0 Å². The smallest absolute Gasteiger partial charge is 0.243 e. The molecule has 0 radical (unpaired) electrons. The van der Waals surface area contributed by atoms with Crippen molar-refractivity contribution in [2.75, 3.05) is 27.2 Å². The van der Waals surface area contributed by atoms with E-state index in [-0.39, 0.29) is 11.9 Å². The number of likely N-dealkylation sites (N-methyl/N-ethyl adjacent to an activating group) is 1. The van der Waals surface area contributed by atoms with Crippen molar-refractivity contribution in [1.82, 2.24) is 9.80 Å². The molecule has 0 aliphatic carbocycles. The van der Waals surface area contributed by atoms with Gasteiger partial charge in [0, 0.05) is 19.1 Å². The highest BCUT2D eigenvalue weighted by Gasteiger charge is 2.44. The normalized spacial score (nSPS) is 23.7. The number of nitriles is 1. The second-order valence-corrected chi connectivity index (χ2v) is 5.66. The van der Waals surface area contributed by atoms with Crippen LogP contribution in [-0.4, -0.2) is 60.1 Å². The second-order valence-electron chi connectivity index (χ2n) is 5.66. The number of carbonyl (C=O) groups is 1. The molecular weight excluding hydrogens is 242 g/mol. The Morgan fingerprint density at radius 1 is 1.47 bits per heavy atom. The Morgan fingerprint density at radius 2 is 2.05 bits per heavy atom. The number of aliphatic hydroxyl groups excluding tert-OH is 1. The van der Waals surface area contributed by atoms with Crippen molar-refractivity contribution in [2.24, 2.45) is 5.41 Å². The van der Waals surface area contributed by atoms with Crippen LogP contribution in [0.1, 0.15) is 33.1 Å². The first-order valence-corrected chi connectivity index (χ1v) is 6.95. The van der Waals surface area contributed by atoms with Gasteiger partial charge in [0.15, 0.2) is 0 Å². The zero-order chi connectivity index (χ0) is 14.6. The number of β-amino-alcohol motifs (C(OH)–C–C–N with tert-alkyl or cyclic N) is 1. The SMILES string of the molecule is CCC(C#N)(CC)C(=O)N1CC(O)CC1CN(C)C. The van der Waals surface area contributed by atoms with Gasteiger partial charge < -0.3 is 14.9 Å². The summed E-state index contributed by atoms with van der Waals surface area (Å²) in [5.41, 5.74) is -0.936. The highest BCUT2D eigenvalue weighted by atomic mass is 16.3. The Labute approximate surface area is 115 Å². The monoisotopic (exact) mass is 267 g/mol. The molecule has 1 fully saturated rings. The van der Waals surface area contributed by atoms with Crippen LogP contribution in [0.3, 0.4) is 0 Å². The van der Waals surface area contributed by atoms with Crippen LogP contribution in [0.2, 0.25) is 0 Å². The lowest BCUT2D eigenvalue weighted by Crippen LogP contribution is -2.48. The van der Waals surface area contributed by atoms with Gasteiger partial charge in [-0.05, 0) is 33.4 Å². The highest BCUT2D eigenvalue weighted by Crippen LogP contribution is 2.32. The van der Waals surface area contributed by atoms with E-state index < -0.39 is 11.5 Å². The van der Waals surface area contributed by atoms with E-state index >= 15 is 0 Å². The summed E-state index contributed by atoms with van der Waals surface area (Å²) in [6, 6.07) is 2.20. The molecule has 2 unspecified atom stereocenters. The Kier molecular flexibility index (Phi) is 5.33. The average molecular weight is 267 g/mol. The molecule has 0 aromatic carbocycles. The molecule has 1 aliphatic heterocycles. The van der Waals surface area contributed by atoms with Crippen molar-refractivity contribution in [2.45, 2.75) is 45.3 Å². The molecule has 0 saturated carbocycles. The highest BCUT2D eigenvalue weighted by molar-refractivity contribution is 5.86. The lowest BCUT2D eigenvalue weighted by molar-refractivity contribution is -0.140. The molecule has 1 saturated heterocycles. The van der Waals surface area contributed by atoms with Crippen LogP contribution in [0.5, 0.6) is 0 Å². The Bertz CT molecular complexity index is 358. The molecule has 0 aromatic rings. The average Bonchev–Trinajstić information content (AvgIpc) is 2.72. The maximum absolute atomic E-state index is 12.7. The molecule has 1 rings (SSSR count). The number of rotatable bonds is 5. The van der Waals surface area contributed by atoms with Crippen LogP contribution in [0.25, 0.3) is 0 Å². The van der Waals surface area contributed by atoms with Gasteiger partial charge in [-0.15, -0.1) is 0 Å². The predicted octanol–water partition coefficient (Wildman–Crippen LogP) is 0.840. The quantitative estimate of drug-likeness (QED) is 0.801. The topological polar surface area (TPSA) is 67.6 Å². The maximum Gasteiger partial charge on any atom is 0.243 e. The van der Waals surface area contributed by atoms with Gasteiger partial charge in [-0.25, -0.2) is 0 Å². The summed E-state index contributed by atoms with van der Waals surface area (Å²) >= 11 is 0. The van der Waals surface area contributed by atoms with Crippen molar-refractivity contribution in [3.63, 3.8) is 0 Å². The number of nitrogens with zero attached hydrogens (tertiary/aromatic N) is 3. The molecule has 5 heteroatoms. The van der Waals surface area contributed by atoms with E-state index in [0.717, 1.165) is 6.54 Å². The van der Waals surface area contributed by atoms with Gasteiger partial charge in [0.05, 0.1) is 12.2 Å². The second kappa shape index (κ2) is 6.36. The van der Waals surface area contributed by atoms with Gasteiger partial charge in [0.25, 0.3) is 0 Å². The van der Waals surface area contributed by atoms with Crippen LogP contribution in [-0.2, 0) is 4.79 Å². The molecule has 1 N–H and O–H groups in total. The zero-order valence-corrected chi connectivity index (χ0v) is 12.4. The van der Waals surface area contributed by atoms with E-state index in [9.17, 15) is 15.2 Å². The first-order valence-electron chi connectivity index (χ1n) is 6.95. The summed E-state index contributed by atoms with van der Waals surface area (Å²) in [6.45, 7) is 4.81. The Balaban J connectivity index is 2.93. The standard InChI is InChI=1S/C14H25N3O2/c1-5-14(6-2,10-15)13(19)17-9-12(18)7-11(17)8-16(3)4/h11-12,18H,5-9H2,1-4H3. The molecular formula is C14H25N3O2. The van der Waals surface area contributed by atoms with Crippen LogP contribution in [0.15, 0.2) is 0 Å². The maximum atomic E-state index is 12.7. The minimum Gasteiger partial charge on any atom is -0.391 e. The van der Waals surface area contributed by atoms with E-state index in [1.807, 2.05) is 32.8 Å². The summed E-state index contributed by atoms with van der Waals surface area (Å²) in [5, 5.41) is 19.2. The zero-order valence-electron chi connectivity index (χ0n) is 12.4. The first kappa shape index (κ1) is 15.9. The van der Waals surface area contributed by atoms with Gasteiger partial charge in [-0.3, -0.25) is 4.79 Å². The Hall–Kier alpha value is -1.12. The van der Waals surface area contributed by atoms with Crippen LogP contribution < -0.4 is 0 Å². The molecule has 19 heavy (non-hydrogen) atoms. The van der Waals surface area contributed by atoms with E-state index in [4.69, 9.17) is 0 Å². The molecule has 1 amide bonds. The molecule has 2 atom stereocenters. The summed E-state index contributed by atoms with van der Waals surface area (Å²) in [6.07, 6.45) is 1.15. The van der Waals surface area contributed by atoms with Crippen molar-refractivity contribution < 1.29 is 9.90 Å². The van der Waals surface area contributed by atoms with Gasteiger partial charge >= 0.3 is 0 Å². The van der Waals surface area contributed by atoms with E-state index in [1.54, 1.807) is 4.90 Å². The Morgan fingerprint density at radius 3 is 2.47 bits per heavy atom. The molecule has 5 nitrogen and oxygen atoms in total. The fourth-order valence-corrected chi connectivity index (χ4v) is 2.77. The van der Waals surface area contributed by atoms with Crippen LogP contribution >= 0.6 is 0 Å². The van der Waals surface area contributed by atoms with E-state index in [0.29, 0.717) is 25.8 Å².